The number of amides is 1. The van der Waals surface area contributed by atoms with E-state index >= 15 is 8.78 Å². The second-order valence-corrected chi connectivity index (χ2v) is 11.5. The number of nitrogen functional groups attached to an aromatic ring is 1. The van der Waals surface area contributed by atoms with Crippen LogP contribution in [0.5, 0.6) is 0 Å². The van der Waals surface area contributed by atoms with E-state index in [9.17, 15) is 4.79 Å². The van der Waals surface area contributed by atoms with Crippen LogP contribution in [0.1, 0.15) is 61.4 Å². The molecule has 6 rings (SSSR count). The average Bonchev–Trinajstić information content (AvgIpc) is 3.41. The predicted octanol–water partition coefficient (Wildman–Crippen LogP) is 5.10. The number of halogens is 2. The minimum absolute atomic E-state index is 0.128. The lowest BCUT2D eigenvalue weighted by atomic mass is 10.0. The molecule has 1 amide bonds. The van der Waals surface area contributed by atoms with Crippen LogP contribution < -0.4 is 11.1 Å². The molecule has 3 aromatic heterocycles. The molecule has 1 atom stereocenters. The van der Waals surface area contributed by atoms with Gasteiger partial charge in [-0.25, -0.2) is 28.5 Å². The second-order valence-electron chi connectivity index (χ2n) is 10.5. The van der Waals surface area contributed by atoms with Gasteiger partial charge in [0.15, 0.2) is 5.82 Å². The van der Waals surface area contributed by atoms with E-state index in [1.165, 1.54) is 23.7 Å². The molecule has 1 saturated carbocycles. The van der Waals surface area contributed by atoms with Crippen molar-refractivity contribution < 1.29 is 18.3 Å². The molecule has 2 aliphatic rings. The highest BCUT2D eigenvalue weighted by Crippen LogP contribution is 2.44. The van der Waals surface area contributed by atoms with Crippen molar-refractivity contribution in [2.75, 3.05) is 5.73 Å². The lowest BCUT2D eigenvalue weighted by molar-refractivity contribution is 0.0515. The molecule has 0 bridgehead atoms. The lowest BCUT2D eigenvalue weighted by Gasteiger charge is -2.22. The molecule has 1 fully saturated rings. The van der Waals surface area contributed by atoms with Crippen LogP contribution in [0.15, 0.2) is 19.0 Å². The van der Waals surface area contributed by atoms with Gasteiger partial charge in [0.05, 0.1) is 38.0 Å². The van der Waals surface area contributed by atoms with Gasteiger partial charge in [-0.15, -0.1) is 11.3 Å². The number of aromatic nitrogens is 4. The van der Waals surface area contributed by atoms with Crippen molar-refractivity contribution in [2.45, 2.75) is 57.7 Å². The van der Waals surface area contributed by atoms with Gasteiger partial charge in [-0.3, -0.25) is 0 Å². The van der Waals surface area contributed by atoms with Crippen molar-refractivity contribution in [3.8, 4) is 11.8 Å². The molecule has 1 aromatic carbocycles. The first-order valence-electron chi connectivity index (χ1n) is 12.1. The molecule has 0 spiro atoms. The van der Waals surface area contributed by atoms with Gasteiger partial charge >= 0.3 is 6.09 Å². The van der Waals surface area contributed by atoms with E-state index in [-0.39, 0.29) is 16.9 Å². The van der Waals surface area contributed by atoms with Gasteiger partial charge in [0.2, 0.25) is 0 Å². The summed E-state index contributed by atoms with van der Waals surface area (Å²) in [6, 6.07) is 0.785. The number of rotatable bonds is 2. The highest BCUT2D eigenvalue weighted by Gasteiger charge is 2.34. The summed E-state index contributed by atoms with van der Waals surface area (Å²) in [6.45, 7) is 9.79. The third-order valence-electron chi connectivity index (χ3n) is 6.48. The van der Waals surface area contributed by atoms with Gasteiger partial charge in [0.1, 0.15) is 34.7 Å². The molecule has 38 heavy (non-hydrogen) atoms. The third kappa shape index (κ3) is 4.05. The number of nitrogens with zero attached hydrogens (tertiary/aromatic N) is 4. The Labute approximate surface area is 220 Å². The van der Waals surface area contributed by atoms with Crippen molar-refractivity contribution in [1.82, 2.24) is 24.8 Å². The molecule has 11 heteroatoms. The van der Waals surface area contributed by atoms with Crippen LogP contribution in [0.2, 0.25) is 0 Å². The van der Waals surface area contributed by atoms with Crippen LogP contribution in [0, 0.1) is 23.5 Å². The van der Waals surface area contributed by atoms with E-state index in [2.05, 4.69) is 38.7 Å². The number of carbonyl (C=O) groups excluding carboxylic acids is 1. The van der Waals surface area contributed by atoms with Crippen molar-refractivity contribution in [3.05, 3.63) is 52.4 Å². The maximum atomic E-state index is 15.4. The van der Waals surface area contributed by atoms with Crippen LogP contribution in [-0.4, -0.2) is 37.3 Å². The fourth-order valence-electron chi connectivity index (χ4n) is 4.63. The smallest absolute Gasteiger partial charge is 0.408 e. The quantitative estimate of drug-likeness (QED) is 0.347. The van der Waals surface area contributed by atoms with Crippen LogP contribution in [0.4, 0.5) is 19.4 Å². The fraction of sp³-hybridized carbons (Fsp3) is 0.333. The number of hydrogen-bond donors (Lipinski definition) is 2. The third-order valence-corrected chi connectivity index (χ3v) is 7.65. The Morgan fingerprint density at radius 3 is 2.71 bits per heavy atom. The van der Waals surface area contributed by atoms with E-state index in [1.807, 2.05) is 4.57 Å². The Morgan fingerprint density at radius 1 is 1.26 bits per heavy atom. The number of thiazole rings is 1. The Morgan fingerprint density at radius 2 is 2.00 bits per heavy atom. The molecule has 194 valence electrons. The van der Waals surface area contributed by atoms with Gasteiger partial charge in [-0.1, -0.05) is 18.4 Å². The minimum Gasteiger partial charge on any atom is -0.444 e. The summed E-state index contributed by atoms with van der Waals surface area (Å²) < 4.78 is 38.1. The van der Waals surface area contributed by atoms with E-state index in [4.69, 9.17) is 10.5 Å². The number of ether oxygens (including phenoxy) is 1. The Kier molecular flexibility index (Phi) is 5.43. The molecule has 1 aliphatic heterocycles. The number of anilines is 1. The largest absolute Gasteiger partial charge is 0.444 e. The van der Waals surface area contributed by atoms with Crippen molar-refractivity contribution in [2.24, 2.45) is 0 Å². The number of hydrogen-bond acceptors (Lipinski definition) is 7. The van der Waals surface area contributed by atoms with Crippen molar-refractivity contribution in [3.63, 3.8) is 0 Å². The molecular weight excluding hydrogens is 510 g/mol. The van der Waals surface area contributed by atoms with Gasteiger partial charge in [-0.2, -0.15) is 0 Å². The number of nitrogens with one attached hydrogen (secondary N) is 1. The summed E-state index contributed by atoms with van der Waals surface area (Å²) in [6.07, 6.45) is 2.76. The zero-order valence-corrected chi connectivity index (χ0v) is 21.8. The highest BCUT2D eigenvalue weighted by atomic mass is 32.1. The molecule has 1 unspecified atom stereocenters. The number of carbonyl (C=O) groups is 1. The fourth-order valence-corrected chi connectivity index (χ4v) is 5.79. The first-order chi connectivity index (χ1) is 18.0. The molecule has 3 N–H and O–H groups in total. The monoisotopic (exact) mass is 534 g/mol. The zero-order valence-electron chi connectivity index (χ0n) is 21.0. The zero-order chi connectivity index (χ0) is 26.9. The summed E-state index contributed by atoms with van der Waals surface area (Å²) in [4.78, 5) is 25.3. The number of alkyl carbamates (subject to hydrolysis) is 1. The van der Waals surface area contributed by atoms with Gasteiger partial charge < -0.3 is 20.4 Å². The maximum Gasteiger partial charge on any atom is 0.408 e. The Bertz CT molecular complexity index is 1740. The number of nitrogens with two attached hydrogens (primary N) is 1. The summed E-state index contributed by atoms with van der Waals surface area (Å²) in [5.41, 5.74) is 7.23. The van der Waals surface area contributed by atoms with E-state index in [0.717, 1.165) is 17.8 Å². The molecular formula is C27H24F2N6O2S. The van der Waals surface area contributed by atoms with Crippen LogP contribution in [-0.2, 0) is 11.3 Å². The SMILES string of the molecule is C=C1c2c(C#Cc3c(F)cc4sc(C5CC5)nc4c3F)c3c(N)ncnc3n2CC1NC(=O)OC(C)(C)C. The lowest BCUT2D eigenvalue weighted by Crippen LogP contribution is -2.39. The maximum absolute atomic E-state index is 15.4. The second kappa shape index (κ2) is 8.49. The van der Waals surface area contributed by atoms with Crippen molar-refractivity contribution in [1.29, 1.82) is 0 Å². The number of benzene rings is 1. The molecule has 0 radical (unpaired) electrons. The van der Waals surface area contributed by atoms with Crippen LogP contribution in [0.25, 0.3) is 26.8 Å². The predicted molar refractivity (Wildman–Crippen MR) is 142 cm³/mol. The Hall–Kier alpha value is -4.04. The van der Waals surface area contributed by atoms with Gasteiger partial charge in [0.25, 0.3) is 0 Å². The molecule has 8 nitrogen and oxygen atoms in total. The molecule has 1 aliphatic carbocycles. The average molecular weight is 535 g/mol. The topological polar surface area (TPSA) is 108 Å². The van der Waals surface area contributed by atoms with E-state index in [0.29, 0.717) is 45.0 Å². The van der Waals surface area contributed by atoms with Gasteiger partial charge in [0, 0.05) is 12.5 Å². The molecule has 0 saturated heterocycles. The van der Waals surface area contributed by atoms with E-state index < -0.39 is 29.4 Å². The first kappa shape index (κ1) is 24.3. The Balaban J connectivity index is 1.43. The van der Waals surface area contributed by atoms with Crippen LogP contribution >= 0.6 is 11.3 Å². The normalized spacial score (nSPS) is 17.0. The first-order valence-corrected chi connectivity index (χ1v) is 12.9. The summed E-state index contributed by atoms with van der Waals surface area (Å²) >= 11 is 1.32. The molecule has 4 aromatic rings. The highest BCUT2D eigenvalue weighted by molar-refractivity contribution is 7.18. The van der Waals surface area contributed by atoms with Crippen molar-refractivity contribution >= 4 is 50.1 Å². The summed E-state index contributed by atoms with van der Waals surface area (Å²) in [7, 11) is 0. The number of fused-ring (bicyclic) bond motifs is 4. The van der Waals surface area contributed by atoms with Crippen LogP contribution in [0.3, 0.4) is 0 Å². The minimum atomic E-state index is -0.789. The summed E-state index contributed by atoms with van der Waals surface area (Å²) in [5, 5.41) is 4.10. The standard InChI is InChI=1S/C27H24F2N6O2S/c1-12-17(33-26(36)37-27(2,3)4)10-35-22(12)15(19-23(30)31-11-32-24(19)35)8-7-14-16(28)9-18-21(20(14)29)34-25(38-18)13-5-6-13/h9,11,13,17H,1,5-6,10H2,2-4H3,(H,33,36)(H2,30,31,32). The summed E-state index contributed by atoms with van der Waals surface area (Å²) in [5.74, 6) is 4.54. The van der Waals surface area contributed by atoms with Gasteiger partial charge in [-0.05, 0) is 45.3 Å². The molecule has 4 heterocycles. The van der Waals surface area contributed by atoms with E-state index in [1.54, 1.807) is 20.8 Å².